The van der Waals surface area contributed by atoms with Crippen LogP contribution in [0.1, 0.15) is 57.2 Å². The highest BCUT2D eigenvalue weighted by atomic mass is 15.4. The van der Waals surface area contributed by atoms with E-state index in [2.05, 4.69) is 34.2 Å². The molecule has 2 aromatic rings. The van der Waals surface area contributed by atoms with E-state index in [-0.39, 0.29) is 0 Å². The second-order valence-electron chi connectivity index (χ2n) is 7.44. The van der Waals surface area contributed by atoms with E-state index in [1.807, 2.05) is 4.52 Å². The molecule has 5 heteroatoms. The van der Waals surface area contributed by atoms with Crippen LogP contribution in [0.15, 0.2) is 12.1 Å². The molecular formula is C17H23N5. The normalized spacial score (nSPS) is 31.7. The van der Waals surface area contributed by atoms with Gasteiger partial charge in [0.25, 0.3) is 0 Å². The highest BCUT2D eigenvalue weighted by molar-refractivity contribution is 5.48. The van der Waals surface area contributed by atoms with Crippen molar-refractivity contribution < 1.29 is 0 Å². The highest BCUT2D eigenvalue weighted by Crippen LogP contribution is 2.42. The van der Waals surface area contributed by atoms with Gasteiger partial charge in [-0.1, -0.05) is 19.8 Å². The third-order valence-corrected chi connectivity index (χ3v) is 5.91. The van der Waals surface area contributed by atoms with Crippen LogP contribution in [0.2, 0.25) is 0 Å². The van der Waals surface area contributed by atoms with E-state index in [9.17, 15) is 0 Å². The van der Waals surface area contributed by atoms with Crippen LogP contribution in [-0.2, 0) is 0 Å². The van der Waals surface area contributed by atoms with E-state index in [4.69, 9.17) is 5.10 Å². The largest absolute Gasteiger partial charge is 0.352 e. The molecular weight excluding hydrogens is 274 g/mol. The molecule has 3 heterocycles. The van der Waals surface area contributed by atoms with Crippen molar-refractivity contribution in [2.75, 3.05) is 11.4 Å². The van der Waals surface area contributed by atoms with E-state index in [0.29, 0.717) is 12.0 Å². The molecule has 2 saturated carbocycles. The molecule has 0 aromatic carbocycles. The van der Waals surface area contributed by atoms with Crippen molar-refractivity contribution in [1.29, 1.82) is 0 Å². The molecule has 0 bridgehead atoms. The van der Waals surface area contributed by atoms with Crippen LogP contribution in [0.25, 0.3) is 5.65 Å². The van der Waals surface area contributed by atoms with Crippen LogP contribution in [0, 0.1) is 11.8 Å². The van der Waals surface area contributed by atoms with Crippen molar-refractivity contribution in [2.45, 2.75) is 57.4 Å². The van der Waals surface area contributed by atoms with Gasteiger partial charge in [0.05, 0.1) is 0 Å². The van der Waals surface area contributed by atoms with Gasteiger partial charge in [0.1, 0.15) is 5.82 Å². The van der Waals surface area contributed by atoms with Gasteiger partial charge < -0.3 is 4.90 Å². The molecule has 0 N–H and O–H groups in total. The molecule has 3 fully saturated rings. The predicted octanol–water partition coefficient (Wildman–Crippen LogP) is 3.02. The Bertz CT molecular complexity index is 704. The van der Waals surface area contributed by atoms with Crippen LogP contribution in [0.3, 0.4) is 0 Å². The van der Waals surface area contributed by atoms with Crippen LogP contribution in [0.5, 0.6) is 0 Å². The summed E-state index contributed by atoms with van der Waals surface area (Å²) in [6.45, 7) is 3.56. The van der Waals surface area contributed by atoms with Crippen molar-refractivity contribution >= 4 is 11.5 Å². The van der Waals surface area contributed by atoms with Crippen molar-refractivity contribution in [3.63, 3.8) is 0 Å². The third kappa shape index (κ3) is 1.87. The van der Waals surface area contributed by atoms with E-state index in [1.165, 1.54) is 38.5 Å². The van der Waals surface area contributed by atoms with Gasteiger partial charge in [-0.05, 0) is 49.7 Å². The summed E-state index contributed by atoms with van der Waals surface area (Å²) in [6, 6.07) is 4.92. The Labute approximate surface area is 130 Å². The van der Waals surface area contributed by atoms with Crippen molar-refractivity contribution in [3.05, 3.63) is 18.0 Å². The smallest absolute Gasteiger partial charge is 0.178 e. The summed E-state index contributed by atoms with van der Waals surface area (Å²) in [5.41, 5.74) is 0.887. The molecule has 22 heavy (non-hydrogen) atoms. The lowest BCUT2D eigenvalue weighted by molar-refractivity contribution is 0.293. The summed E-state index contributed by atoms with van der Waals surface area (Å²) < 4.78 is 1.99. The van der Waals surface area contributed by atoms with E-state index >= 15 is 0 Å². The average molecular weight is 297 g/mol. The number of hydrogen-bond donors (Lipinski definition) is 0. The van der Waals surface area contributed by atoms with Crippen LogP contribution >= 0.6 is 0 Å². The fourth-order valence-corrected chi connectivity index (χ4v) is 4.58. The number of rotatable bonds is 2. The first kappa shape index (κ1) is 12.9. The first-order chi connectivity index (χ1) is 10.8. The molecule has 2 aliphatic carbocycles. The van der Waals surface area contributed by atoms with Crippen LogP contribution < -0.4 is 4.90 Å². The maximum absolute atomic E-state index is 4.92. The summed E-state index contributed by atoms with van der Waals surface area (Å²) in [6.07, 6.45) is 7.96. The lowest BCUT2D eigenvalue weighted by Crippen LogP contribution is -2.35. The first-order valence-corrected chi connectivity index (χ1v) is 8.80. The molecule has 2 aromatic heterocycles. The summed E-state index contributed by atoms with van der Waals surface area (Å²) in [7, 11) is 0. The highest BCUT2D eigenvalue weighted by Gasteiger charge is 2.41. The topological polar surface area (TPSA) is 46.3 Å². The van der Waals surface area contributed by atoms with Gasteiger partial charge in [-0.25, -0.2) is 0 Å². The number of aromatic nitrogens is 4. The molecule has 1 saturated heterocycles. The zero-order valence-electron chi connectivity index (χ0n) is 13.1. The first-order valence-electron chi connectivity index (χ1n) is 8.80. The Morgan fingerprint density at radius 2 is 1.91 bits per heavy atom. The Kier molecular flexibility index (Phi) is 2.73. The van der Waals surface area contributed by atoms with E-state index < -0.39 is 0 Å². The molecule has 0 spiro atoms. The Hall–Kier alpha value is -1.65. The molecule has 3 unspecified atom stereocenters. The number of anilines is 1. The fraction of sp³-hybridized carbons (Fsp3) is 0.706. The van der Waals surface area contributed by atoms with E-state index in [0.717, 1.165) is 35.7 Å². The van der Waals surface area contributed by atoms with E-state index in [1.54, 1.807) is 0 Å². The maximum Gasteiger partial charge on any atom is 0.178 e. The van der Waals surface area contributed by atoms with Gasteiger partial charge >= 0.3 is 0 Å². The van der Waals surface area contributed by atoms with Gasteiger partial charge in [0, 0.05) is 18.5 Å². The second kappa shape index (κ2) is 4.67. The summed E-state index contributed by atoms with van der Waals surface area (Å²) in [5.74, 6) is 4.40. The van der Waals surface area contributed by atoms with Crippen molar-refractivity contribution in [1.82, 2.24) is 19.8 Å². The number of hydrogen-bond acceptors (Lipinski definition) is 4. The zero-order chi connectivity index (χ0) is 14.7. The summed E-state index contributed by atoms with van der Waals surface area (Å²) in [4.78, 5) is 2.56. The summed E-state index contributed by atoms with van der Waals surface area (Å²) >= 11 is 0. The fourth-order valence-electron chi connectivity index (χ4n) is 4.58. The van der Waals surface area contributed by atoms with Crippen molar-refractivity contribution in [2.24, 2.45) is 11.8 Å². The van der Waals surface area contributed by atoms with Gasteiger partial charge in [-0.3, -0.25) is 0 Å². The van der Waals surface area contributed by atoms with Gasteiger partial charge in [0.2, 0.25) is 0 Å². The molecule has 3 aliphatic rings. The van der Waals surface area contributed by atoms with Gasteiger partial charge in [0.15, 0.2) is 11.5 Å². The predicted molar refractivity (Wildman–Crippen MR) is 85.0 cm³/mol. The molecule has 116 valence electrons. The lowest BCUT2D eigenvalue weighted by Gasteiger charge is -2.32. The molecule has 3 atom stereocenters. The summed E-state index contributed by atoms with van der Waals surface area (Å²) in [5, 5.41) is 13.6. The minimum Gasteiger partial charge on any atom is -0.352 e. The number of fused-ring (bicyclic) bond motifs is 2. The average Bonchev–Trinajstić information content (AvgIpc) is 3.22. The number of nitrogens with zero attached hydrogens (tertiary/aromatic N) is 5. The molecule has 1 aliphatic heterocycles. The Morgan fingerprint density at radius 3 is 2.77 bits per heavy atom. The quantitative estimate of drug-likeness (QED) is 0.855. The third-order valence-electron chi connectivity index (χ3n) is 5.91. The molecule has 5 nitrogen and oxygen atoms in total. The maximum atomic E-state index is 4.92. The SMILES string of the molecule is CC1CN(c2ccc3nnc(C4CC4)n3n2)C2CCCCC12. The van der Waals surface area contributed by atoms with Crippen LogP contribution in [0.4, 0.5) is 5.82 Å². The second-order valence-corrected chi connectivity index (χ2v) is 7.44. The standard InChI is InChI=1S/C17H23N5/c1-11-10-21(14-5-3-2-4-13(11)14)16-9-8-15-18-19-17(12-6-7-12)22(15)20-16/h8-9,11-14H,2-7,10H2,1H3. The Morgan fingerprint density at radius 1 is 1.05 bits per heavy atom. The lowest BCUT2D eigenvalue weighted by atomic mass is 9.80. The monoisotopic (exact) mass is 297 g/mol. The zero-order valence-corrected chi connectivity index (χ0v) is 13.1. The molecule has 0 amide bonds. The molecule has 5 rings (SSSR count). The molecule has 0 radical (unpaired) electrons. The van der Waals surface area contributed by atoms with Crippen molar-refractivity contribution in [3.8, 4) is 0 Å². The van der Waals surface area contributed by atoms with Gasteiger partial charge in [-0.2, -0.15) is 4.52 Å². The minimum absolute atomic E-state index is 0.581. The minimum atomic E-state index is 0.581. The Balaban J connectivity index is 1.54. The van der Waals surface area contributed by atoms with Gasteiger partial charge in [-0.15, -0.1) is 15.3 Å². The van der Waals surface area contributed by atoms with Crippen LogP contribution in [-0.4, -0.2) is 32.4 Å².